The molecule has 1 aromatic carbocycles. The summed E-state index contributed by atoms with van der Waals surface area (Å²) in [5.74, 6) is -1.51. The van der Waals surface area contributed by atoms with Crippen LogP contribution in [-0.4, -0.2) is 34.6 Å². The highest BCUT2D eigenvalue weighted by atomic mass is 32.1. The second-order valence-electron chi connectivity index (χ2n) is 5.21. The molecule has 0 aliphatic carbocycles. The molecule has 0 saturated carbocycles. The number of benzene rings is 1. The summed E-state index contributed by atoms with van der Waals surface area (Å²) in [5, 5.41) is 0. The van der Waals surface area contributed by atoms with Gasteiger partial charge in [0.2, 0.25) is 5.91 Å². The van der Waals surface area contributed by atoms with Crippen LogP contribution in [0.25, 0.3) is 11.3 Å². The highest BCUT2D eigenvalue weighted by molar-refractivity contribution is 7.71. The maximum absolute atomic E-state index is 13.8. The molecule has 1 heterocycles. The van der Waals surface area contributed by atoms with E-state index in [1.54, 1.807) is 0 Å². The van der Waals surface area contributed by atoms with Crippen molar-refractivity contribution in [3.8, 4) is 17.0 Å². The SMILES string of the molecule is CC(=O)OCCOc1ccc(F)cc1-c1cc(=O)[nH]c(=S)n1CC(N)=O. The van der Waals surface area contributed by atoms with Crippen molar-refractivity contribution >= 4 is 24.1 Å². The number of amides is 1. The fourth-order valence-electron chi connectivity index (χ4n) is 2.22. The number of nitrogens with two attached hydrogens (primary N) is 1. The average molecular weight is 381 g/mol. The molecule has 2 aromatic rings. The molecule has 0 saturated heterocycles. The van der Waals surface area contributed by atoms with E-state index in [4.69, 9.17) is 27.4 Å². The second kappa shape index (κ2) is 8.39. The summed E-state index contributed by atoms with van der Waals surface area (Å²) in [4.78, 5) is 36.3. The fraction of sp³-hybridized carbons (Fsp3) is 0.250. The highest BCUT2D eigenvalue weighted by Crippen LogP contribution is 2.30. The van der Waals surface area contributed by atoms with Crippen LogP contribution in [0.2, 0.25) is 0 Å². The lowest BCUT2D eigenvalue weighted by atomic mass is 10.1. The van der Waals surface area contributed by atoms with Gasteiger partial charge in [0.25, 0.3) is 5.56 Å². The maximum atomic E-state index is 13.8. The lowest BCUT2D eigenvalue weighted by molar-refractivity contribution is -0.141. The number of esters is 1. The van der Waals surface area contributed by atoms with Crippen LogP contribution in [0.3, 0.4) is 0 Å². The Morgan fingerprint density at radius 3 is 2.69 bits per heavy atom. The second-order valence-corrected chi connectivity index (χ2v) is 5.59. The first kappa shape index (κ1) is 19.3. The Kier molecular flexibility index (Phi) is 6.23. The summed E-state index contributed by atoms with van der Waals surface area (Å²) < 4.78 is 25.3. The number of nitrogens with one attached hydrogen (secondary N) is 1. The van der Waals surface area contributed by atoms with Crippen molar-refractivity contribution in [2.24, 2.45) is 5.73 Å². The molecule has 3 N–H and O–H groups in total. The number of aromatic amines is 1. The molecule has 0 bridgehead atoms. The quantitative estimate of drug-likeness (QED) is 0.422. The van der Waals surface area contributed by atoms with Gasteiger partial charge in [0.1, 0.15) is 31.3 Å². The van der Waals surface area contributed by atoms with Crippen molar-refractivity contribution in [2.75, 3.05) is 13.2 Å². The number of halogens is 1. The summed E-state index contributed by atoms with van der Waals surface area (Å²) in [6, 6.07) is 4.83. The predicted octanol–water partition coefficient (Wildman–Crippen LogP) is 1.14. The number of nitrogens with zero attached hydrogens (tertiary/aromatic N) is 1. The van der Waals surface area contributed by atoms with Crippen molar-refractivity contribution < 1.29 is 23.5 Å². The van der Waals surface area contributed by atoms with Gasteiger partial charge in [0.05, 0.1) is 5.69 Å². The summed E-state index contributed by atoms with van der Waals surface area (Å²) in [6.07, 6.45) is 0. The molecule has 0 atom stereocenters. The standard InChI is InChI=1S/C16H16FN3O5S/c1-9(21)24-4-5-25-13-3-2-10(17)6-11(13)12-7-15(23)19-16(26)20(12)8-14(18)22/h2-3,6-7H,4-5,8H2,1H3,(H2,18,22)(H,19,23,26). The first-order valence-corrected chi connectivity index (χ1v) is 7.87. The molecule has 2 rings (SSSR count). The lowest BCUT2D eigenvalue weighted by Gasteiger charge is -2.16. The van der Waals surface area contributed by atoms with Gasteiger partial charge in [-0.05, 0) is 30.4 Å². The van der Waals surface area contributed by atoms with Crippen LogP contribution in [0.5, 0.6) is 5.75 Å². The maximum Gasteiger partial charge on any atom is 0.302 e. The fourth-order valence-corrected chi connectivity index (χ4v) is 2.49. The molecule has 0 spiro atoms. The zero-order valence-electron chi connectivity index (χ0n) is 13.8. The number of rotatable bonds is 7. The Hall–Kier alpha value is -3.01. The summed E-state index contributed by atoms with van der Waals surface area (Å²) in [6.45, 7) is 0.957. The Morgan fingerprint density at radius 2 is 2.04 bits per heavy atom. The van der Waals surface area contributed by atoms with Gasteiger partial charge >= 0.3 is 5.97 Å². The van der Waals surface area contributed by atoms with E-state index in [2.05, 4.69) is 4.98 Å². The zero-order valence-corrected chi connectivity index (χ0v) is 14.6. The molecule has 1 amide bonds. The molecular formula is C16H16FN3O5S. The number of hydrogen-bond acceptors (Lipinski definition) is 6. The molecule has 0 aliphatic rings. The van der Waals surface area contributed by atoms with Crippen LogP contribution < -0.4 is 16.0 Å². The molecule has 0 aliphatic heterocycles. The predicted molar refractivity (Wildman–Crippen MR) is 92.6 cm³/mol. The molecule has 138 valence electrons. The number of carbonyl (C=O) groups excluding carboxylic acids is 2. The summed E-state index contributed by atoms with van der Waals surface area (Å²) >= 11 is 5.06. The van der Waals surface area contributed by atoms with Crippen LogP contribution in [0.4, 0.5) is 4.39 Å². The monoisotopic (exact) mass is 381 g/mol. The van der Waals surface area contributed by atoms with E-state index in [9.17, 15) is 18.8 Å². The van der Waals surface area contributed by atoms with Crippen molar-refractivity contribution in [3.63, 3.8) is 0 Å². The molecule has 10 heteroatoms. The largest absolute Gasteiger partial charge is 0.489 e. The number of carbonyl (C=O) groups is 2. The van der Waals surface area contributed by atoms with Gasteiger partial charge in [-0.25, -0.2) is 4.39 Å². The van der Waals surface area contributed by atoms with Crippen LogP contribution in [0, 0.1) is 10.6 Å². The van der Waals surface area contributed by atoms with Gasteiger partial charge in [-0.1, -0.05) is 0 Å². The number of aromatic nitrogens is 2. The third-order valence-electron chi connectivity index (χ3n) is 3.21. The van der Waals surface area contributed by atoms with Crippen molar-refractivity contribution in [1.29, 1.82) is 0 Å². The minimum atomic E-state index is -0.692. The Bertz CT molecular complexity index is 954. The molecule has 0 radical (unpaired) electrons. The van der Waals surface area contributed by atoms with E-state index >= 15 is 0 Å². The van der Waals surface area contributed by atoms with Crippen LogP contribution in [0.1, 0.15) is 6.92 Å². The minimum absolute atomic E-state index is 0.00487. The summed E-state index contributed by atoms with van der Waals surface area (Å²) in [7, 11) is 0. The first-order valence-electron chi connectivity index (χ1n) is 7.46. The number of ether oxygens (including phenoxy) is 2. The van der Waals surface area contributed by atoms with E-state index in [0.717, 1.165) is 12.1 Å². The first-order chi connectivity index (χ1) is 12.3. The van der Waals surface area contributed by atoms with Gasteiger partial charge in [-0.3, -0.25) is 19.4 Å². The minimum Gasteiger partial charge on any atom is -0.489 e. The third-order valence-corrected chi connectivity index (χ3v) is 3.53. The number of H-pyrrole nitrogens is 1. The molecule has 26 heavy (non-hydrogen) atoms. The molecular weight excluding hydrogens is 365 g/mol. The van der Waals surface area contributed by atoms with Gasteiger partial charge in [-0.15, -0.1) is 0 Å². The Morgan fingerprint density at radius 1 is 1.31 bits per heavy atom. The highest BCUT2D eigenvalue weighted by Gasteiger charge is 2.15. The Labute approximate surface area is 152 Å². The van der Waals surface area contributed by atoms with Crippen LogP contribution in [-0.2, 0) is 20.9 Å². The molecule has 0 unspecified atom stereocenters. The van der Waals surface area contributed by atoms with Gasteiger partial charge < -0.3 is 19.8 Å². The zero-order chi connectivity index (χ0) is 19.3. The van der Waals surface area contributed by atoms with Gasteiger partial charge in [0.15, 0.2) is 4.77 Å². The third kappa shape index (κ3) is 4.99. The normalized spacial score (nSPS) is 10.4. The lowest BCUT2D eigenvalue weighted by Crippen LogP contribution is -2.23. The van der Waals surface area contributed by atoms with Crippen molar-refractivity contribution in [3.05, 3.63) is 45.2 Å². The number of primary amides is 1. The number of hydrogen-bond donors (Lipinski definition) is 2. The van der Waals surface area contributed by atoms with Crippen molar-refractivity contribution in [1.82, 2.24) is 9.55 Å². The molecule has 8 nitrogen and oxygen atoms in total. The average Bonchev–Trinajstić information content (AvgIpc) is 2.54. The van der Waals surface area contributed by atoms with E-state index in [1.165, 1.54) is 23.6 Å². The van der Waals surface area contributed by atoms with Crippen LogP contribution >= 0.6 is 12.2 Å². The van der Waals surface area contributed by atoms with E-state index < -0.39 is 23.3 Å². The van der Waals surface area contributed by atoms with Gasteiger partial charge in [-0.2, -0.15) is 0 Å². The molecule has 1 aromatic heterocycles. The Balaban J connectivity index is 2.48. The summed E-state index contributed by atoms with van der Waals surface area (Å²) in [5.41, 5.74) is 5.06. The topological polar surface area (TPSA) is 116 Å². The molecule has 0 fully saturated rings. The van der Waals surface area contributed by atoms with Gasteiger partial charge in [0, 0.05) is 18.6 Å². The van der Waals surface area contributed by atoms with E-state index in [1.807, 2.05) is 0 Å². The smallest absolute Gasteiger partial charge is 0.302 e. The van der Waals surface area contributed by atoms with Crippen LogP contribution in [0.15, 0.2) is 29.1 Å². The van der Waals surface area contributed by atoms with Crippen molar-refractivity contribution in [2.45, 2.75) is 13.5 Å². The van der Waals surface area contributed by atoms with E-state index in [-0.39, 0.29) is 41.5 Å². The van der Waals surface area contributed by atoms with E-state index in [0.29, 0.717) is 0 Å².